The van der Waals surface area contributed by atoms with Crippen LogP contribution < -0.4 is 0 Å². The van der Waals surface area contributed by atoms with Crippen LogP contribution in [0.1, 0.15) is 41.4 Å². The summed E-state index contributed by atoms with van der Waals surface area (Å²) in [5.41, 5.74) is 3.76. The second kappa shape index (κ2) is 7.50. The molecule has 2 heterocycles. The minimum Gasteiger partial charge on any atom is -0.503 e. The molecule has 0 radical (unpaired) electrons. The fraction of sp³-hybridized carbons (Fsp3) is 0.167. The van der Waals surface area contributed by atoms with Crippen LogP contribution in [0.2, 0.25) is 0 Å². The summed E-state index contributed by atoms with van der Waals surface area (Å²) in [6.45, 7) is 5.59. The van der Waals surface area contributed by atoms with E-state index in [2.05, 4.69) is 4.98 Å². The summed E-state index contributed by atoms with van der Waals surface area (Å²) in [4.78, 5) is 15.1. The van der Waals surface area contributed by atoms with Crippen molar-refractivity contribution in [1.29, 1.82) is 0 Å². The molecule has 2 aromatic heterocycles. The highest BCUT2D eigenvalue weighted by molar-refractivity contribution is 6.03. The van der Waals surface area contributed by atoms with Crippen LogP contribution in [0.3, 0.4) is 0 Å². The van der Waals surface area contributed by atoms with Gasteiger partial charge in [-0.1, -0.05) is 26.0 Å². The molecular weight excluding hydrogens is 402 g/mol. The number of pyridine rings is 1. The SMILES string of the molecule is Cc1cc(-c2c(C(C)C)n(-c3ccc(F)cc3)c3cnc(F)c(O)c23)ccc1C(=O)O. The van der Waals surface area contributed by atoms with Gasteiger partial charge in [0, 0.05) is 16.9 Å². The molecule has 0 aliphatic carbocycles. The van der Waals surface area contributed by atoms with E-state index >= 15 is 0 Å². The average molecular weight is 422 g/mol. The van der Waals surface area contributed by atoms with E-state index in [0.29, 0.717) is 27.9 Å². The number of aryl methyl sites for hydroxylation is 1. The van der Waals surface area contributed by atoms with Gasteiger partial charge >= 0.3 is 5.97 Å². The van der Waals surface area contributed by atoms with Crippen molar-refractivity contribution in [3.05, 3.63) is 77.2 Å². The molecule has 4 rings (SSSR count). The zero-order valence-electron chi connectivity index (χ0n) is 17.1. The van der Waals surface area contributed by atoms with Gasteiger partial charge in [0.15, 0.2) is 5.75 Å². The zero-order chi connectivity index (χ0) is 22.4. The van der Waals surface area contributed by atoms with Crippen molar-refractivity contribution in [3.8, 4) is 22.6 Å². The number of carboxylic acids is 1. The first-order valence-electron chi connectivity index (χ1n) is 9.72. The Labute approximate surface area is 177 Å². The van der Waals surface area contributed by atoms with Gasteiger partial charge in [0.05, 0.1) is 22.7 Å². The van der Waals surface area contributed by atoms with Gasteiger partial charge in [-0.2, -0.15) is 4.39 Å². The number of halogens is 2. The minimum atomic E-state index is -1.04. The Balaban J connectivity index is 2.15. The lowest BCUT2D eigenvalue weighted by atomic mass is 9.94. The molecule has 4 aromatic rings. The molecule has 0 saturated heterocycles. The lowest BCUT2D eigenvalue weighted by Crippen LogP contribution is -2.04. The smallest absolute Gasteiger partial charge is 0.335 e. The fourth-order valence-corrected chi connectivity index (χ4v) is 4.02. The molecule has 2 N–H and O–H groups in total. The van der Waals surface area contributed by atoms with Gasteiger partial charge < -0.3 is 14.8 Å². The lowest BCUT2D eigenvalue weighted by Gasteiger charge is -2.16. The first kappa shape index (κ1) is 20.5. The Morgan fingerprint density at radius 1 is 1.10 bits per heavy atom. The number of fused-ring (bicyclic) bond motifs is 1. The summed E-state index contributed by atoms with van der Waals surface area (Å²) in [6, 6.07) is 10.7. The van der Waals surface area contributed by atoms with E-state index in [0.717, 1.165) is 5.69 Å². The van der Waals surface area contributed by atoms with Crippen LogP contribution in [-0.4, -0.2) is 25.7 Å². The topological polar surface area (TPSA) is 75.3 Å². The Kier molecular flexibility index (Phi) is 4.97. The summed E-state index contributed by atoms with van der Waals surface area (Å²) in [6.07, 6.45) is 1.33. The van der Waals surface area contributed by atoms with Gasteiger partial charge in [0.25, 0.3) is 5.95 Å². The van der Waals surface area contributed by atoms with E-state index in [1.54, 1.807) is 31.2 Å². The van der Waals surface area contributed by atoms with Gasteiger partial charge in [0.2, 0.25) is 0 Å². The number of nitrogens with zero attached hydrogens (tertiary/aromatic N) is 2. The van der Waals surface area contributed by atoms with Gasteiger partial charge in [-0.05, 0) is 54.3 Å². The first-order chi connectivity index (χ1) is 14.7. The van der Waals surface area contributed by atoms with Gasteiger partial charge in [0.1, 0.15) is 5.82 Å². The van der Waals surface area contributed by atoms with Crippen molar-refractivity contribution in [2.24, 2.45) is 0 Å². The number of carboxylic acid groups (broad SMARTS) is 1. The normalized spacial score (nSPS) is 11.4. The second-order valence-electron chi connectivity index (χ2n) is 7.72. The average Bonchev–Trinajstić information content (AvgIpc) is 3.07. The van der Waals surface area contributed by atoms with Crippen LogP contribution in [0.4, 0.5) is 8.78 Å². The van der Waals surface area contributed by atoms with E-state index in [9.17, 15) is 23.8 Å². The van der Waals surface area contributed by atoms with E-state index < -0.39 is 23.5 Å². The number of hydrogen-bond acceptors (Lipinski definition) is 3. The third-order valence-corrected chi connectivity index (χ3v) is 5.35. The fourth-order valence-electron chi connectivity index (χ4n) is 4.02. The van der Waals surface area contributed by atoms with Crippen LogP contribution in [0.5, 0.6) is 5.75 Å². The van der Waals surface area contributed by atoms with E-state index in [1.807, 2.05) is 18.4 Å². The highest BCUT2D eigenvalue weighted by atomic mass is 19.1. The van der Waals surface area contributed by atoms with Crippen molar-refractivity contribution >= 4 is 16.9 Å². The molecule has 0 unspecified atom stereocenters. The van der Waals surface area contributed by atoms with Gasteiger partial charge in [-0.25, -0.2) is 14.2 Å². The molecule has 0 aliphatic heterocycles. The summed E-state index contributed by atoms with van der Waals surface area (Å²) in [5.74, 6) is -3.10. The quantitative estimate of drug-likeness (QED) is 0.407. The number of aromatic hydroxyl groups is 1. The lowest BCUT2D eigenvalue weighted by molar-refractivity contribution is 0.0696. The maximum Gasteiger partial charge on any atom is 0.335 e. The van der Waals surface area contributed by atoms with Crippen molar-refractivity contribution < 1.29 is 23.8 Å². The standard InChI is InChI=1S/C24H20F2N2O3/c1-12(2)21-19(14-4-9-17(24(30)31)13(3)10-14)20-18(11-27-23(26)22(20)29)28(21)16-7-5-15(25)6-8-16/h4-12,29H,1-3H3,(H,30,31). The third-order valence-electron chi connectivity index (χ3n) is 5.35. The maximum absolute atomic E-state index is 14.3. The molecule has 158 valence electrons. The predicted molar refractivity (Wildman–Crippen MR) is 114 cm³/mol. The van der Waals surface area contributed by atoms with Crippen molar-refractivity contribution in [2.75, 3.05) is 0 Å². The molecule has 0 atom stereocenters. The van der Waals surface area contributed by atoms with E-state index in [4.69, 9.17) is 0 Å². The van der Waals surface area contributed by atoms with Crippen molar-refractivity contribution in [3.63, 3.8) is 0 Å². The van der Waals surface area contributed by atoms with Gasteiger partial charge in [-0.3, -0.25) is 0 Å². The van der Waals surface area contributed by atoms with Gasteiger partial charge in [-0.15, -0.1) is 0 Å². The summed E-state index contributed by atoms with van der Waals surface area (Å²) < 4.78 is 29.7. The highest BCUT2D eigenvalue weighted by Gasteiger charge is 2.26. The van der Waals surface area contributed by atoms with Crippen LogP contribution in [-0.2, 0) is 0 Å². The summed E-state index contributed by atoms with van der Waals surface area (Å²) in [5, 5.41) is 20.2. The maximum atomic E-state index is 14.3. The number of benzene rings is 2. The van der Waals surface area contributed by atoms with Crippen molar-refractivity contribution in [1.82, 2.24) is 9.55 Å². The monoisotopic (exact) mass is 422 g/mol. The third kappa shape index (κ3) is 3.32. The Morgan fingerprint density at radius 2 is 1.77 bits per heavy atom. The number of hydrogen-bond donors (Lipinski definition) is 2. The molecule has 0 aliphatic rings. The molecule has 0 saturated carbocycles. The number of rotatable bonds is 4. The molecule has 0 spiro atoms. The molecule has 31 heavy (non-hydrogen) atoms. The minimum absolute atomic E-state index is 0.0747. The van der Waals surface area contributed by atoms with E-state index in [-0.39, 0.29) is 16.9 Å². The molecule has 0 amide bonds. The Bertz CT molecular complexity index is 1330. The van der Waals surface area contributed by atoms with Crippen molar-refractivity contribution in [2.45, 2.75) is 26.7 Å². The Hall–Kier alpha value is -3.74. The number of aromatic carboxylic acids is 1. The van der Waals surface area contributed by atoms with Crippen LogP contribution in [0.25, 0.3) is 27.7 Å². The molecule has 0 bridgehead atoms. The molecular formula is C24H20F2N2O3. The first-order valence-corrected chi connectivity index (χ1v) is 9.72. The molecule has 2 aromatic carbocycles. The highest BCUT2D eigenvalue weighted by Crippen LogP contribution is 2.44. The number of aromatic nitrogens is 2. The summed E-state index contributed by atoms with van der Waals surface area (Å²) in [7, 11) is 0. The molecule has 7 heteroatoms. The molecule has 5 nitrogen and oxygen atoms in total. The molecule has 0 fully saturated rings. The van der Waals surface area contributed by atoms with Crippen LogP contribution in [0, 0.1) is 18.7 Å². The summed E-state index contributed by atoms with van der Waals surface area (Å²) >= 11 is 0. The van der Waals surface area contributed by atoms with E-state index in [1.165, 1.54) is 24.4 Å². The Morgan fingerprint density at radius 3 is 2.35 bits per heavy atom. The number of carbonyl (C=O) groups is 1. The van der Waals surface area contributed by atoms with Crippen LogP contribution >= 0.6 is 0 Å². The second-order valence-corrected chi connectivity index (χ2v) is 7.72. The predicted octanol–water partition coefficient (Wildman–Crippen LogP) is 5.81. The van der Waals surface area contributed by atoms with Crippen LogP contribution in [0.15, 0.2) is 48.7 Å². The zero-order valence-corrected chi connectivity index (χ0v) is 17.1. The largest absolute Gasteiger partial charge is 0.503 e.